The van der Waals surface area contributed by atoms with Crippen molar-refractivity contribution in [2.75, 3.05) is 58.3 Å². The van der Waals surface area contributed by atoms with E-state index >= 15 is 0 Å². The molecule has 1 aliphatic rings. The second kappa shape index (κ2) is 11.5. The molecule has 3 rings (SSSR count). The Bertz CT molecular complexity index is 1060. The topological polar surface area (TPSA) is 107 Å². The van der Waals surface area contributed by atoms with Gasteiger partial charge in [-0.2, -0.15) is 0 Å². The van der Waals surface area contributed by atoms with Crippen LogP contribution in [0, 0.1) is 5.92 Å². The fourth-order valence-electron chi connectivity index (χ4n) is 4.02. The first kappa shape index (κ1) is 25.7. The molecule has 1 N–H and O–H groups in total. The molecular weight excluding hydrogens is 454 g/mol. The molecule has 10 heteroatoms. The van der Waals surface area contributed by atoms with E-state index in [1.54, 1.807) is 50.4 Å². The summed E-state index contributed by atoms with van der Waals surface area (Å²) in [5, 5.41) is 2.78. The van der Waals surface area contributed by atoms with Crippen LogP contribution in [0.15, 0.2) is 36.4 Å². The number of hydrogen-bond donors (Lipinski definition) is 1. The lowest BCUT2D eigenvalue weighted by atomic mass is 10.1. The third-order valence-corrected chi connectivity index (χ3v) is 5.82. The van der Waals surface area contributed by atoms with E-state index in [9.17, 15) is 14.4 Å². The normalized spacial score (nSPS) is 14.9. The Labute approximate surface area is 204 Å². The van der Waals surface area contributed by atoms with Crippen LogP contribution in [0.5, 0.6) is 23.0 Å². The van der Waals surface area contributed by atoms with Gasteiger partial charge in [0.15, 0.2) is 11.5 Å². The van der Waals surface area contributed by atoms with Crippen LogP contribution in [0.3, 0.4) is 0 Å². The third-order valence-electron chi connectivity index (χ3n) is 5.82. The monoisotopic (exact) mass is 485 g/mol. The van der Waals surface area contributed by atoms with Gasteiger partial charge in [0.25, 0.3) is 0 Å². The second-order valence-corrected chi connectivity index (χ2v) is 7.92. The van der Waals surface area contributed by atoms with Gasteiger partial charge in [-0.25, -0.2) is 0 Å². The van der Waals surface area contributed by atoms with Crippen LogP contribution in [0.25, 0.3) is 0 Å². The predicted molar refractivity (Wildman–Crippen MR) is 130 cm³/mol. The molecule has 1 saturated heterocycles. The van der Waals surface area contributed by atoms with E-state index in [-0.39, 0.29) is 37.2 Å². The standard InChI is InChI=1S/C25H31N3O7/c1-6-27(15-22(29)26-17-8-7-9-19(11-17)32-2)25(31)16-10-23(30)28(14-16)18-12-20(33-3)24(35-5)21(13-18)34-4/h7-9,11-13,16H,6,10,14-15H2,1-5H3,(H,26,29). The van der Waals surface area contributed by atoms with Crippen LogP contribution in [-0.4, -0.2) is 70.7 Å². The maximum absolute atomic E-state index is 13.2. The van der Waals surface area contributed by atoms with Crippen molar-refractivity contribution < 1.29 is 33.3 Å². The van der Waals surface area contributed by atoms with Crippen molar-refractivity contribution in [1.29, 1.82) is 0 Å². The van der Waals surface area contributed by atoms with Crippen LogP contribution in [0.2, 0.25) is 0 Å². The molecule has 3 amide bonds. The zero-order valence-electron chi connectivity index (χ0n) is 20.6. The molecule has 1 aliphatic heterocycles. The molecule has 0 saturated carbocycles. The number of amides is 3. The SMILES string of the molecule is CCN(CC(=O)Nc1cccc(OC)c1)C(=O)C1CC(=O)N(c2cc(OC)c(OC)c(OC)c2)C1. The highest BCUT2D eigenvalue weighted by molar-refractivity contribution is 6.02. The molecule has 1 unspecified atom stereocenters. The van der Waals surface area contributed by atoms with E-state index < -0.39 is 5.92 Å². The number of carbonyl (C=O) groups excluding carboxylic acids is 3. The van der Waals surface area contributed by atoms with Crippen molar-refractivity contribution in [3.8, 4) is 23.0 Å². The molecule has 0 aromatic heterocycles. The van der Waals surface area contributed by atoms with Gasteiger partial charge < -0.3 is 34.1 Å². The van der Waals surface area contributed by atoms with Crippen LogP contribution < -0.4 is 29.2 Å². The molecule has 0 spiro atoms. The average Bonchev–Trinajstić information content (AvgIpc) is 3.27. The highest BCUT2D eigenvalue weighted by atomic mass is 16.5. The fourth-order valence-corrected chi connectivity index (χ4v) is 4.02. The Morgan fingerprint density at radius 3 is 2.29 bits per heavy atom. The Morgan fingerprint density at radius 1 is 1.03 bits per heavy atom. The number of carbonyl (C=O) groups is 3. The molecule has 1 atom stereocenters. The summed E-state index contributed by atoms with van der Waals surface area (Å²) in [5.41, 5.74) is 1.11. The molecule has 2 aromatic rings. The van der Waals surface area contributed by atoms with Gasteiger partial charge in [0.1, 0.15) is 5.75 Å². The number of nitrogens with zero attached hydrogens (tertiary/aromatic N) is 2. The van der Waals surface area contributed by atoms with Crippen LogP contribution in [-0.2, 0) is 14.4 Å². The smallest absolute Gasteiger partial charge is 0.243 e. The summed E-state index contributed by atoms with van der Waals surface area (Å²) in [6.45, 7) is 2.19. The van der Waals surface area contributed by atoms with E-state index in [0.29, 0.717) is 40.9 Å². The zero-order valence-corrected chi connectivity index (χ0v) is 20.6. The van der Waals surface area contributed by atoms with Gasteiger partial charge >= 0.3 is 0 Å². The zero-order chi connectivity index (χ0) is 25.5. The van der Waals surface area contributed by atoms with Crippen molar-refractivity contribution >= 4 is 29.1 Å². The van der Waals surface area contributed by atoms with Gasteiger partial charge in [0, 0.05) is 43.4 Å². The number of benzene rings is 2. The number of methoxy groups -OCH3 is 4. The summed E-state index contributed by atoms with van der Waals surface area (Å²) in [7, 11) is 6.03. The van der Waals surface area contributed by atoms with Crippen molar-refractivity contribution in [3.63, 3.8) is 0 Å². The Balaban J connectivity index is 1.70. The first-order chi connectivity index (χ1) is 16.8. The Hall–Kier alpha value is -3.95. The minimum Gasteiger partial charge on any atom is -0.497 e. The Morgan fingerprint density at radius 2 is 1.71 bits per heavy atom. The molecule has 0 radical (unpaired) electrons. The lowest BCUT2D eigenvalue weighted by molar-refractivity contribution is -0.138. The van der Waals surface area contributed by atoms with Gasteiger partial charge in [-0.1, -0.05) is 6.07 Å². The molecule has 10 nitrogen and oxygen atoms in total. The lowest BCUT2D eigenvalue weighted by Gasteiger charge is -2.24. The van der Waals surface area contributed by atoms with E-state index in [1.807, 2.05) is 0 Å². The van der Waals surface area contributed by atoms with Gasteiger partial charge in [-0.3, -0.25) is 14.4 Å². The summed E-state index contributed by atoms with van der Waals surface area (Å²) in [6, 6.07) is 10.3. The molecule has 35 heavy (non-hydrogen) atoms. The number of anilines is 2. The largest absolute Gasteiger partial charge is 0.497 e. The van der Waals surface area contributed by atoms with Crippen molar-refractivity contribution in [2.24, 2.45) is 5.92 Å². The first-order valence-corrected chi connectivity index (χ1v) is 11.2. The molecular formula is C25H31N3O7. The summed E-state index contributed by atoms with van der Waals surface area (Å²) in [4.78, 5) is 41.6. The Kier molecular flexibility index (Phi) is 8.40. The van der Waals surface area contributed by atoms with Gasteiger partial charge in [-0.15, -0.1) is 0 Å². The van der Waals surface area contributed by atoms with Crippen molar-refractivity contribution in [2.45, 2.75) is 13.3 Å². The van der Waals surface area contributed by atoms with Crippen LogP contribution >= 0.6 is 0 Å². The van der Waals surface area contributed by atoms with E-state index in [4.69, 9.17) is 18.9 Å². The third kappa shape index (κ3) is 5.76. The summed E-state index contributed by atoms with van der Waals surface area (Å²) in [5.74, 6) is 0.485. The van der Waals surface area contributed by atoms with Crippen molar-refractivity contribution in [1.82, 2.24) is 4.90 Å². The highest BCUT2D eigenvalue weighted by Crippen LogP contribution is 2.42. The molecule has 1 heterocycles. The predicted octanol–water partition coefficient (Wildman–Crippen LogP) is 2.56. The van der Waals surface area contributed by atoms with E-state index in [0.717, 1.165) is 0 Å². The molecule has 2 aromatic carbocycles. The highest BCUT2D eigenvalue weighted by Gasteiger charge is 2.38. The van der Waals surface area contributed by atoms with Crippen molar-refractivity contribution in [3.05, 3.63) is 36.4 Å². The van der Waals surface area contributed by atoms with Gasteiger partial charge in [0.05, 0.1) is 46.6 Å². The average molecular weight is 486 g/mol. The van der Waals surface area contributed by atoms with Gasteiger partial charge in [0.2, 0.25) is 23.5 Å². The minimum atomic E-state index is -0.578. The van der Waals surface area contributed by atoms with Crippen LogP contribution in [0.1, 0.15) is 13.3 Å². The lowest BCUT2D eigenvalue weighted by Crippen LogP contribution is -2.42. The summed E-state index contributed by atoms with van der Waals surface area (Å²) in [6.07, 6.45) is 0.0451. The van der Waals surface area contributed by atoms with Crippen LogP contribution in [0.4, 0.5) is 11.4 Å². The minimum absolute atomic E-state index is 0.0451. The molecule has 1 fully saturated rings. The maximum atomic E-state index is 13.2. The summed E-state index contributed by atoms with van der Waals surface area (Å²) < 4.78 is 21.3. The number of likely N-dealkylation sites (N-methyl/N-ethyl adjacent to an activating group) is 1. The number of ether oxygens (including phenoxy) is 4. The fraction of sp³-hybridized carbons (Fsp3) is 0.400. The van der Waals surface area contributed by atoms with E-state index in [2.05, 4.69) is 5.32 Å². The number of rotatable bonds is 10. The molecule has 188 valence electrons. The van der Waals surface area contributed by atoms with E-state index in [1.165, 1.54) is 31.1 Å². The first-order valence-electron chi connectivity index (χ1n) is 11.2. The molecule has 0 bridgehead atoms. The summed E-state index contributed by atoms with van der Waals surface area (Å²) >= 11 is 0. The quantitative estimate of drug-likeness (QED) is 0.551. The maximum Gasteiger partial charge on any atom is 0.243 e. The molecule has 0 aliphatic carbocycles. The second-order valence-electron chi connectivity index (χ2n) is 7.92. The number of hydrogen-bond acceptors (Lipinski definition) is 7. The van der Waals surface area contributed by atoms with Gasteiger partial charge in [-0.05, 0) is 19.1 Å². The number of nitrogens with one attached hydrogen (secondary N) is 1.